The summed E-state index contributed by atoms with van der Waals surface area (Å²) in [6, 6.07) is 163. The zero-order valence-electron chi connectivity index (χ0n) is 64.4. The Labute approximate surface area is 684 Å². The molecule has 0 amide bonds. The summed E-state index contributed by atoms with van der Waals surface area (Å²) in [6.45, 7) is 0. The standard InChI is InChI=1S/C114H74N2O2/c1-4-22-75(23-5-1)84-33-19-35-94(69-84)115(92-59-48-82(49-60-92)96-41-20-30-80-28-10-12-36-95(80)96)91-55-44-76(45-56-91)86-51-62-99(105(71-86)89-53-66-112-106(73-89)103-40-16-17-43-111(103)117-112)88-34-18-32-83(68-88)87-52-65-113-107(72-87)108-74-90(54-67-114(108)118-113)104-70-85(50-61-98(104)79-26-8-3-9-27-79)77-46-57-93(58-47-77)116(109-42-21-31-81-29-11-13-37-100(81)109)110-64-63-97(78-24-6-2-7-25-78)101-38-14-15-39-102(101)110/h1-74H. The minimum absolute atomic E-state index is 0.839. The second-order valence-corrected chi connectivity index (χ2v) is 30.6. The maximum Gasteiger partial charge on any atom is 0.135 e. The normalized spacial score (nSPS) is 11.6. The van der Waals surface area contributed by atoms with Crippen LogP contribution in [0.5, 0.6) is 0 Å². The van der Waals surface area contributed by atoms with Gasteiger partial charge in [0.1, 0.15) is 22.3 Å². The average Bonchev–Trinajstić information content (AvgIpc) is 0.866. The van der Waals surface area contributed by atoms with E-state index in [0.29, 0.717) is 0 Å². The van der Waals surface area contributed by atoms with Gasteiger partial charge in [0.05, 0.1) is 11.4 Å². The molecule has 4 nitrogen and oxygen atoms in total. The fourth-order valence-electron chi connectivity index (χ4n) is 17.9. The first-order chi connectivity index (χ1) is 58.5. The summed E-state index contributed by atoms with van der Waals surface area (Å²) in [6.07, 6.45) is 0. The third kappa shape index (κ3) is 12.6. The Morgan fingerprint density at radius 3 is 1.10 bits per heavy atom. The van der Waals surface area contributed by atoms with E-state index in [1.165, 1.54) is 60.1 Å². The van der Waals surface area contributed by atoms with E-state index in [4.69, 9.17) is 8.83 Å². The van der Waals surface area contributed by atoms with E-state index in [2.05, 4.69) is 453 Å². The number of para-hydroxylation sites is 1. The van der Waals surface area contributed by atoms with Gasteiger partial charge in [0, 0.05) is 55.1 Å². The average molecular weight is 1500 g/mol. The Kier molecular flexibility index (Phi) is 17.2. The van der Waals surface area contributed by atoms with Crippen LogP contribution < -0.4 is 9.80 Å². The molecule has 0 aliphatic heterocycles. The number of hydrogen-bond acceptors (Lipinski definition) is 4. The summed E-state index contributed by atoms with van der Waals surface area (Å²) < 4.78 is 13.2. The molecule has 0 saturated heterocycles. The fourth-order valence-corrected chi connectivity index (χ4v) is 17.9. The molecule has 22 aromatic rings. The summed E-state index contributed by atoms with van der Waals surface area (Å²) in [4.78, 5) is 4.81. The van der Waals surface area contributed by atoms with E-state index in [0.717, 1.165) is 161 Å². The van der Waals surface area contributed by atoms with Gasteiger partial charge in [0.15, 0.2) is 0 Å². The van der Waals surface area contributed by atoms with Gasteiger partial charge in [0.2, 0.25) is 0 Å². The highest BCUT2D eigenvalue weighted by atomic mass is 16.3. The molecule has 0 aliphatic rings. The second kappa shape index (κ2) is 29.4. The summed E-state index contributed by atoms with van der Waals surface area (Å²) in [5.74, 6) is 0. The minimum Gasteiger partial charge on any atom is -0.456 e. The number of hydrogen-bond donors (Lipinski definition) is 0. The van der Waals surface area contributed by atoms with Crippen LogP contribution in [0.2, 0.25) is 0 Å². The SMILES string of the molecule is c1ccc(-c2cccc(N(c3ccc(-c4ccc(-c5cccc(-c6ccc7oc8ccc(-c9cc(-c%10ccc(N(c%11cccc%12ccccc%11%12)c%11ccc(-c%12ccccc%12)c%12ccccc%11%12)cc%10)ccc9-c9ccccc9)cc8c7c6)c5)c(-c5ccc6oc7ccccc7c6c5)c4)cc3)c3ccc(-c4cccc5ccccc45)cc3)c2)cc1. The van der Waals surface area contributed by atoms with Crippen LogP contribution in [-0.2, 0) is 0 Å². The van der Waals surface area contributed by atoms with Crippen molar-refractivity contribution >= 4 is 110 Å². The van der Waals surface area contributed by atoms with Crippen LogP contribution in [0.15, 0.2) is 458 Å². The number of furan rings is 2. The summed E-state index contributed by atoms with van der Waals surface area (Å²) >= 11 is 0. The van der Waals surface area contributed by atoms with E-state index in [1.807, 2.05) is 6.07 Å². The Bertz CT molecular complexity index is 7580. The highest BCUT2D eigenvalue weighted by Gasteiger charge is 2.24. The smallest absolute Gasteiger partial charge is 0.135 e. The van der Waals surface area contributed by atoms with Crippen LogP contribution >= 0.6 is 0 Å². The maximum absolute atomic E-state index is 6.76. The van der Waals surface area contributed by atoms with Crippen LogP contribution in [0.4, 0.5) is 34.1 Å². The lowest BCUT2D eigenvalue weighted by atomic mass is 9.89. The predicted octanol–water partition coefficient (Wildman–Crippen LogP) is 32.6. The predicted molar refractivity (Wildman–Crippen MR) is 497 cm³/mol. The Balaban J connectivity index is 0.612. The van der Waals surface area contributed by atoms with Crippen molar-refractivity contribution in [3.63, 3.8) is 0 Å². The molecular formula is C114H74N2O2. The Morgan fingerprint density at radius 1 is 0.136 bits per heavy atom. The van der Waals surface area contributed by atoms with Crippen molar-refractivity contribution < 1.29 is 8.83 Å². The lowest BCUT2D eigenvalue weighted by molar-refractivity contribution is 0.668. The van der Waals surface area contributed by atoms with Crippen LogP contribution in [-0.4, -0.2) is 0 Å². The molecule has 552 valence electrons. The largest absolute Gasteiger partial charge is 0.456 e. The molecule has 4 heteroatoms. The van der Waals surface area contributed by atoms with E-state index in [1.54, 1.807) is 0 Å². The molecule has 0 atom stereocenters. The topological polar surface area (TPSA) is 32.8 Å². The fraction of sp³-hybridized carbons (Fsp3) is 0. The van der Waals surface area contributed by atoms with E-state index in [-0.39, 0.29) is 0 Å². The van der Waals surface area contributed by atoms with Gasteiger partial charge in [-0.05, 0) is 254 Å². The van der Waals surface area contributed by atoms with Crippen molar-refractivity contribution in [3.8, 4) is 111 Å². The summed E-state index contributed by atoms with van der Waals surface area (Å²) in [7, 11) is 0. The van der Waals surface area contributed by atoms with Crippen molar-refractivity contribution in [1.82, 2.24) is 0 Å². The van der Waals surface area contributed by atoms with Crippen molar-refractivity contribution in [1.29, 1.82) is 0 Å². The van der Waals surface area contributed by atoms with Crippen molar-refractivity contribution in [2.45, 2.75) is 0 Å². The summed E-state index contributed by atoms with van der Waals surface area (Å²) in [5, 5.41) is 11.5. The molecule has 0 radical (unpaired) electrons. The number of anilines is 6. The van der Waals surface area contributed by atoms with Crippen LogP contribution in [0.3, 0.4) is 0 Å². The maximum atomic E-state index is 6.76. The van der Waals surface area contributed by atoms with Gasteiger partial charge in [-0.2, -0.15) is 0 Å². The van der Waals surface area contributed by atoms with Crippen LogP contribution in [0.25, 0.3) is 187 Å². The minimum atomic E-state index is 0.839. The molecule has 0 aliphatic carbocycles. The van der Waals surface area contributed by atoms with E-state index >= 15 is 0 Å². The van der Waals surface area contributed by atoms with Gasteiger partial charge in [-0.1, -0.05) is 328 Å². The number of nitrogens with zero attached hydrogens (tertiary/aromatic N) is 2. The molecule has 20 aromatic carbocycles. The zero-order chi connectivity index (χ0) is 78.0. The molecule has 0 fully saturated rings. The van der Waals surface area contributed by atoms with Crippen molar-refractivity contribution in [2.24, 2.45) is 0 Å². The lowest BCUT2D eigenvalue weighted by Gasteiger charge is -2.29. The molecule has 0 spiro atoms. The lowest BCUT2D eigenvalue weighted by Crippen LogP contribution is -2.11. The monoisotopic (exact) mass is 1500 g/mol. The first kappa shape index (κ1) is 69.1. The Hall–Kier alpha value is -15.6. The molecule has 0 bridgehead atoms. The third-order valence-electron chi connectivity index (χ3n) is 23.7. The molecule has 2 aromatic heterocycles. The first-order valence-corrected chi connectivity index (χ1v) is 40.4. The van der Waals surface area contributed by atoms with Gasteiger partial charge >= 0.3 is 0 Å². The number of rotatable bonds is 16. The molecule has 0 saturated carbocycles. The second-order valence-electron chi connectivity index (χ2n) is 30.6. The molecular weight excluding hydrogens is 1430 g/mol. The van der Waals surface area contributed by atoms with Gasteiger partial charge in [-0.3, -0.25) is 0 Å². The number of benzene rings is 20. The van der Waals surface area contributed by atoms with E-state index in [9.17, 15) is 0 Å². The quantitative estimate of drug-likeness (QED) is 0.0965. The van der Waals surface area contributed by atoms with Crippen molar-refractivity contribution in [3.05, 3.63) is 449 Å². The molecule has 118 heavy (non-hydrogen) atoms. The third-order valence-corrected chi connectivity index (χ3v) is 23.7. The van der Waals surface area contributed by atoms with E-state index < -0.39 is 0 Å². The van der Waals surface area contributed by atoms with Gasteiger partial charge < -0.3 is 18.6 Å². The highest BCUT2D eigenvalue weighted by Crippen LogP contribution is 2.49. The van der Waals surface area contributed by atoms with Gasteiger partial charge in [0.25, 0.3) is 0 Å². The Morgan fingerprint density at radius 2 is 0.475 bits per heavy atom. The van der Waals surface area contributed by atoms with Crippen LogP contribution in [0.1, 0.15) is 0 Å². The van der Waals surface area contributed by atoms with Gasteiger partial charge in [-0.25, -0.2) is 0 Å². The van der Waals surface area contributed by atoms with Gasteiger partial charge in [-0.15, -0.1) is 0 Å². The molecule has 22 rings (SSSR count). The molecule has 0 N–H and O–H groups in total. The molecule has 0 unspecified atom stereocenters. The highest BCUT2D eigenvalue weighted by molar-refractivity contribution is 6.12. The number of fused-ring (bicyclic) bond motifs is 9. The zero-order valence-corrected chi connectivity index (χ0v) is 64.4. The van der Waals surface area contributed by atoms with Crippen LogP contribution in [0, 0.1) is 0 Å². The first-order valence-electron chi connectivity index (χ1n) is 40.4. The summed E-state index contributed by atoms with van der Waals surface area (Å²) in [5.41, 5.74) is 32.7. The molecule has 2 heterocycles. The van der Waals surface area contributed by atoms with Crippen molar-refractivity contribution in [2.75, 3.05) is 9.80 Å².